The van der Waals surface area contributed by atoms with Gasteiger partial charge in [0.15, 0.2) is 11.5 Å². The van der Waals surface area contributed by atoms with Gasteiger partial charge in [-0.25, -0.2) is 4.98 Å². The summed E-state index contributed by atoms with van der Waals surface area (Å²) in [5.74, 6) is 1.16. The third-order valence-corrected chi connectivity index (χ3v) is 5.84. The molecule has 4 rings (SSSR count). The molecule has 168 valence electrons. The van der Waals surface area contributed by atoms with Crippen molar-refractivity contribution >= 4 is 33.9 Å². The van der Waals surface area contributed by atoms with Crippen molar-refractivity contribution in [3.05, 3.63) is 48.2 Å². The zero-order valence-electron chi connectivity index (χ0n) is 19.1. The summed E-state index contributed by atoms with van der Waals surface area (Å²) in [4.78, 5) is 21.9. The molecular formula is C25H30N4O3. The second-order valence-corrected chi connectivity index (χ2v) is 8.20. The van der Waals surface area contributed by atoms with Crippen LogP contribution in [0.15, 0.2) is 42.5 Å². The van der Waals surface area contributed by atoms with Gasteiger partial charge in [-0.1, -0.05) is 0 Å². The lowest BCUT2D eigenvalue weighted by Crippen LogP contribution is -2.36. The second kappa shape index (κ2) is 9.34. The summed E-state index contributed by atoms with van der Waals surface area (Å²) in [5.41, 5.74) is 3.95. The van der Waals surface area contributed by atoms with Crippen LogP contribution >= 0.6 is 0 Å². The molecule has 0 radical (unpaired) electrons. The van der Waals surface area contributed by atoms with Crippen molar-refractivity contribution in [2.24, 2.45) is 0 Å². The van der Waals surface area contributed by atoms with E-state index in [4.69, 9.17) is 14.5 Å². The van der Waals surface area contributed by atoms with Crippen LogP contribution in [0.4, 0.5) is 17.1 Å². The summed E-state index contributed by atoms with van der Waals surface area (Å²) in [5, 5.41) is 4.33. The van der Waals surface area contributed by atoms with Crippen LogP contribution in [-0.4, -0.2) is 57.2 Å². The van der Waals surface area contributed by atoms with Crippen molar-refractivity contribution in [3.8, 4) is 11.5 Å². The Morgan fingerprint density at radius 2 is 1.62 bits per heavy atom. The molecule has 3 aromatic rings. The Kier molecular flexibility index (Phi) is 6.35. The number of ether oxygens (including phenoxy) is 2. The number of piperidine rings is 1. The van der Waals surface area contributed by atoms with Gasteiger partial charge >= 0.3 is 0 Å². The fourth-order valence-corrected chi connectivity index (χ4v) is 4.02. The first-order valence-electron chi connectivity index (χ1n) is 10.9. The van der Waals surface area contributed by atoms with Crippen molar-refractivity contribution in [2.75, 3.05) is 51.6 Å². The molecule has 1 amide bonds. The number of pyridine rings is 1. The molecule has 1 N–H and O–H groups in total. The molecule has 2 heterocycles. The van der Waals surface area contributed by atoms with Crippen LogP contribution in [0.3, 0.4) is 0 Å². The molecule has 1 aliphatic heterocycles. The number of aromatic nitrogens is 1. The van der Waals surface area contributed by atoms with Crippen LogP contribution in [-0.2, 0) is 0 Å². The lowest BCUT2D eigenvalue weighted by Gasteiger charge is -2.26. The maximum absolute atomic E-state index is 13.2. The molecule has 2 aromatic carbocycles. The molecular weight excluding hydrogens is 404 g/mol. The summed E-state index contributed by atoms with van der Waals surface area (Å²) < 4.78 is 11.0. The first-order chi connectivity index (χ1) is 15.5. The normalized spacial score (nSPS) is 13.7. The molecule has 0 spiro atoms. The molecule has 0 aliphatic carbocycles. The van der Waals surface area contributed by atoms with E-state index < -0.39 is 0 Å². The summed E-state index contributed by atoms with van der Waals surface area (Å²) in [6.45, 7) is 1.55. The standard InChI is InChI=1S/C25H30N4O3/c1-28(2)18-10-8-17(9-11-18)26-20-15-22(25(30)29-12-6-5-7-13-29)27-21-16-24(32-4)23(31-3)14-19(20)21/h8-11,14-16H,5-7,12-13H2,1-4H3,(H,26,27). The van der Waals surface area contributed by atoms with Gasteiger partial charge in [-0.2, -0.15) is 0 Å². The molecule has 7 nitrogen and oxygen atoms in total. The van der Waals surface area contributed by atoms with E-state index in [0.29, 0.717) is 22.7 Å². The van der Waals surface area contributed by atoms with Crippen LogP contribution in [0, 0.1) is 0 Å². The number of amides is 1. The largest absolute Gasteiger partial charge is 0.493 e. The first-order valence-corrected chi connectivity index (χ1v) is 10.9. The number of methoxy groups -OCH3 is 2. The smallest absolute Gasteiger partial charge is 0.272 e. The lowest BCUT2D eigenvalue weighted by atomic mass is 10.1. The van der Waals surface area contributed by atoms with Crippen molar-refractivity contribution in [2.45, 2.75) is 19.3 Å². The molecule has 0 unspecified atom stereocenters. The fraction of sp³-hybridized carbons (Fsp3) is 0.360. The third-order valence-electron chi connectivity index (χ3n) is 5.84. The number of hydrogen-bond donors (Lipinski definition) is 1. The number of benzene rings is 2. The molecule has 1 fully saturated rings. The van der Waals surface area contributed by atoms with Crippen LogP contribution in [0.25, 0.3) is 10.9 Å². The first kappa shape index (κ1) is 21.7. The van der Waals surface area contributed by atoms with Crippen molar-refractivity contribution in [1.29, 1.82) is 0 Å². The van der Waals surface area contributed by atoms with Crippen molar-refractivity contribution < 1.29 is 14.3 Å². The summed E-state index contributed by atoms with van der Waals surface area (Å²) in [6, 6.07) is 13.7. The molecule has 1 aromatic heterocycles. The maximum Gasteiger partial charge on any atom is 0.272 e. The molecule has 7 heteroatoms. The van der Waals surface area contributed by atoms with E-state index in [2.05, 4.69) is 22.3 Å². The van der Waals surface area contributed by atoms with Crippen LogP contribution in [0.1, 0.15) is 29.8 Å². The van der Waals surface area contributed by atoms with E-state index in [1.165, 1.54) is 6.42 Å². The van der Waals surface area contributed by atoms with Crippen LogP contribution in [0.5, 0.6) is 11.5 Å². The van der Waals surface area contributed by atoms with E-state index in [9.17, 15) is 4.79 Å². The van der Waals surface area contributed by atoms with Gasteiger partial charge in [0.05, 0.1) is 25.4 Å². The minimum absolute atomic E-state index is 0.0348. The second-order valence-electron chi connectivity index (χ2n) is 8.20. The highest BCUT2D eigenvalue weighted by Gasteiger charge is 2.22. The van der Waals surface area contributed by atoms with Crippen LogP contribution < -0.4 is 19.7 Å². The average molecular weight is 435 g/mol. The van der Waals surface area contributed by atoms with E-state index in [0.717, 1.165) is 48.4 Å². The lowest BCUT2D eigenvalue weighted by molar-refractivity contribution is 0.0719. The highest BCUT2D eigenvalue weighted by Crippen LogP contribution is 2.36. The SMILES string of the molecule is COc1cc2nc(C(=O)N3CCCCC3)cc(Nc3ccc(N(C)C)cc3)c2cc1OC. The van der Waals surface area contributed by atoms with E-state index >= 15 is 0 Å². The minimum Gasteiger partial charge on any atom is -0.493 e. The number of hydrogen-bond acceptors (Lipinski definition) is 6. The number of anilines is 3. The van der Waals surface area contributed by atoms with Gasteiger partial charge in [-0.3, -0.25) is 4.79 Å². The Balaban J connectivity index is 1.79. The van der Waals surface area contributed by atoms with E-state index in [-0.39, 0.29) is 5.91 Å². The quantitative estimate of drug-likeness (QED) is 0.607. The Hall–Kier alpha value is -3.48. The molecule has 0 bridgehead atoms. The Labute approximate surface area is 188 Å². The van der Waals surface area contributed by atoms with Crippen molar-refractivity contribution in [1.82, 2.24) is 9.88 Å². The predicted molar refractivity (Wildman–Crippen MR) is 129 cm³/mol. The van der Waals surface area contributed by atoms with Gasteiger partial charge in [0.25, 0.3) is 5.91 Å². The highest BCUT2D eigenvalue weighted by molar-refractivity contribution is 6.01. The zero-order chi connectivity index (χ0) is 22.7. The summed E-state index contributed by atoms with van der Waals surface area (Å²) in [7, 11) is 7.23. The zero-order valence-corrected chi connectivity index (χ0v) is 19.1. The Morgan fingerprint density at radius 3 is 2.25 bits per heavy atom. The average Bonchev–Trinajstić information content (AvgIpc) is 2.83. The summed E-state index contributed by atoms with van der Waals surface area (Å²) in [6.07, 6.45) is 3.24. The molecule has 0 saturated carbocycles. The number of nitrogens with zero attached hydrogens (tertiary/aromatic N) is 3. The predicted octanol–water partition coefficient (Wildman–Crippen LogP) is 4.69. The highest BCUT2D eigenvalue weighted by atomic mass is 16.5. The topological polar surface area (TPSA) is 66.9 Å². The monoisotopic (exact) mass is 434 g/mol. The molecule has 1 aliphatic rings. The number of carbonyl (C=O) groups is 1. The van der Waals surface area contributed by atoms with Gasteiger partial charge in [-0.15, -0.1) is 0 Å². The van der Waals surface area contributed by atoms with Gasteiger partial charge in [0.2, 0.25) is 0 Å². The van der Waals surface area contributed by atoms with Gasteiger partial charge < -0.3 is 24.6 Å². The number of likely N-dealkylation sites (tertiary alicyclic amines) is 1. The van der Waals surface area contributed by atoms with E-state index in [1.54, 1.807) is 14.2 Å². The van der Waals surface area contributed by atoms with Crippen LogP contribution in [0.2, 0.25) is 0 Å². The van der Waals surface area contributed by atoms with Crippen molar-refractivity contribution in [3.63, 3.8) is 0 Å². The molecule has 1 saturated heterocycles. The Morgan fingerprint density at radius 1 is 0.969 bits per heavy atom. The van der Waals surface area contributed by atoms with Gasteiger partial charge in [-0.05, 0) is 55.7 Å². The number of carbonyl (C=O) groups excluding carboxylic acids is 1. The summed E-state index contributed by atoms with van der Waals surface area (Å²) >= 11 is 0. The number of fused-ring (bicyclic) bond motifs is 1. The molecule has 0 atom stereocenters. The number of rotatable bonds is 6. The Bertz CT molecular complexity index is 1110. The minimum atomic E-state index is -0.0348. The molecule has 32 heavy (non-hydrogen) atoms. The van der Waals surface area contributed by atoms with Gasteiger partial charge in [0, 0.05) is 50.0 Å². The fourth-order valence-electron chi connectivity index (χ4n) is 4.02. The van der Waals surface area contributed by atoms with Gasteiger partial charge in [0.1, 0.15) is 5.69 Å². The van der Waals surface area contributed by atoms with E-state index in [1.807, 2.05) is 49.3 Å². The number of nitrogens with one attached hydrogen (secondary N) is 1. The maximum atomic E-state index is 13.2. The third kappa shape index (κ3) is 4.42.